The van der Waals surface area contributed by atoms with Crippen LogP contribution in [0.2, 0.25) is 0 Å². The fraction of sp³-hybridized carbons (Fsp3) is 1.00. The lowest BCUT2D eigenvalue weighted by Gasteiger charge is -2.07. The number of hydrogen-bond donors (Lipinski definition) is 2. The maximum atomic E-state index is 8.68. The number of aliphatic hydroxyl groups is 2. The molecule has 0 saturated carbocycles. The Labute approximate surface area is 56.7 Å². The second kappa shape index (κ2) is 3.63. The van der Waals surface area contributed by atoms with E-state index in [1.807, 2.05) is 22.6 Å². The Morgan fingerprint density at radius 1 is 1.57 bits per heavy atom. The third kappa shape index (κ3) is 3.25. The van der Waals surface area contributed by atoms with Crippen molar-refractivity contribution in [1.82, 2.24) is 0 Å². The number of halogens is 1. The summed E-state index contributed by atoms with van der Waals surface area (Å²) in [5.74, 6) is 0. The van der Waals surface area contributed by atoms with E-state index in [4.69, 9.17) is 10.2 Å². The molecule has 0 aliphatic carbocycles. The number of hydrogen-bond acceptors (Lipinski definition) is 2. The summed E-state index contributed by atoms with van der Waals surface area (Å²) in [5, 5.41) is 17.2. The van der Waals surface area contributed by atoms with Crippen LogP contribution in [0.15, 0.2) is 0 Å². The Kier molecular flexibility index (Phi) is 3.96. The van der Waals surface area contributed by atoms with Crippen LogP contribution in [0.5, 0.6) is 0 Å². The second-order valence-corrected chi connectivity index (χ2v) is 2.34. The average molecular weight is 216 g/mol. The first kappa shape index (κ1) is 7.65. The predicted molar refractivity (Wildman–Crippen MR) is 36.6 cm³/mol. The highest BCUT2D eigenvalue weighted by molar-refractivity contribution is 14.1. The van der Waals surface area contributed by atoms with Gasteiger partial charge in [-0.25, -0.2) is 0 Å². The molecule has 0 aromatic rings. The van der Waals surface area contributed by atoms with E-state index in [2.05, 4.69) is 0 Å². The van der Waals surface area contributed by atoms with Gasteiger partial charge in [-0.15, -0.1) is 0 Å². The van der Waals surface area contributed by atoms with Crippen LogP contribution in [0.3, 0.4) is 0 Å². The summed E-state index contributed by atoms with van der Waals surface area (Å²) in [6.07, 6.45) is -1.14. The molecule has 0 aliphatic rings. The molecule has 0 bridgehead atoms. The highest BCUT2D eigenvalue weighted by Gasteiger charge is 2.06. The highest BCUT2D eigenvalue weighted by atomic mass is 127. The van der Waals surface area contributed by atoms with Gasteiger partial charge in [0.25, 0.3) is 0 Å². The largest absolute Gasteiger partial charge is 0.391 e. The van der Waals surface area contributed by atoms with Crippen LogP contribution < -0.4 is 0 Å². The first-order chi connectivity index (χ1) is 3.18. The van der Waals surface area contributed by atoms with Crippen molar-refractivity contribution in [1.29, 1.82) is 0 Å². The summed E-state index contributed by atoms with van der Waals surface area (Å²) in [6, 6.07) is 0. The van der Waals surface area contributed by atoms with Gasteiger partial charge in [-0.2, -0.15) is 0 Å². The van der Waals surface area contributed by atoms with Crippen molar-refractivity contribution in [2.24, 2.45) is 0 Å². The monoisotopic (exact) mass is 216 g/mol. The molecule has 44 valence electrons. The minimum Gasteiger partial charge on any atom is -0.391 e. The maximum absolute atomic E-state index is 8.68. The van der Waals surface area contributed by atoms with Crippen molar-refractivity contribution in [3.05, 3.63) is 0 Å². The van der Waals surface area contributed by atoms with Gasteiger partial charge in [0.2, 0.25) is 0 Å². The van der Waals surface area contributed by atoms with Gasteiger partial charge in [-0.05, 0) is 6.92 Å². The number of alkyl halides is 1. The molecule has 0 spiro atoms. The van der Waals surface area contributed by atoms with Crippen molar-refractivity contribution in [3.63, 3.8) is 0 Å². The molecule has 0 aromatic heterocycles. The minimum atomic E-state index is -0.586. The molecule has 0 radical (unpaired) electrons. The SMILES string of the molecule is C[C@H](O)[C@@H](O)CI. The zero-order valence-electron chi connectivity index (χ0n) is 4.13. The van der Waals surface area contributed by atoms with Crippen LogP contribution in [0.25, 0.3) is 0 Å². The summed E-state index contributed by atoms with van der Waals surface area (Å²) in [5.41, 5.74) is 0. The topological polar surface area (TPSA) is 40.5 Å². The molecule has 7 heavy (non-hydrogen) atoms. The fourth-order valence-corrected chi connectivity index (χ4v) is 0.865. The van der Waals surface area contributed by atoms with Gasteiger partial charge in [0.15, 0.2) is 0 Å². The molecule has 2 atom stereocenters. The van der Waals surface area contributed by atoms with Crippen LogP contribution in [0, 0.1) is 0 Å². The van der Waals surface area contributed by atoms with Crippen LogP contribution in [0.1, 0.15) is 6.92 Å². The molecule has 0 heterocycles. The summed E-state index contributed by atoms with van der Waals surface area (Å²) in [4.78, 5) is 0. The average Bonchev–Trinajstić information content (AvgIpc) is 1.65. The molecule has 0 unspecified atom stereocenters. The van der Waals surface area contributed by atoms with Gasteiger partial charge in [0, 0.05) is 4.43 Å². The van der Waals surface area contributed by atoms with Crippen molar-refractivity contribution < 1.29 is 10.2 Å². The molecule has 0 amide bonds. The molecule has 0 rings (SSSR count). The standard InChI is InChI=1S/C4H9IO2/c1-3(6)4(7)2-5/h3-4,6-7H,2H2,1H3/t3-,4-/m0/s1. The molecular weight excluding hydrogens is 207 g/mol. The van der Waals surface area contributed by atoms with Crippen LogP contribution >= 0.6 is 22.6 Å². The molecule has 2 nitrogen and oxygen atoms in total. The van der Waals surface area contributed by atoms with E-state index < -0.39 is 12.2 Å². The van der Waals surface area contributed by atoms with Crippen LogP contribution in [-0.4, -0.2) is 26.8 Å². The van der Waals surface area contributed by atoms with Crippen LogP contribution in [-0.2, 0) is 0 Å². The first-order valence-electron chi connectivity index (χ1n) is 2.10. The normalized spacial score (nSPS) is 18.9. The molecule has 0 aromatic carbocycles. The number of aliphatic hydroxyl groups excluding tert-OH is 2. The molecule has 2 N–H and O–H groups in total. The third-order valence-corrected chi connectivity index (χ3v) is 1.62. The first-order valence-corrected chi connectivity index (χ1v) is 3.63. The fourth-order valence-electron chi connectivity index (χ4n) is 0.129. The van der Waals surface area contributed by atoms with E-state index in [-0.39, 0.29) is 0 Å². The lowest BCUT2D eigenvalue weighted by molar-refractivity contribution is 0.0487. The van der Waals surface area contributed by atoms with E-state index in [0.29, 0.717) is 4.43 Å². The van der Waals surface area contributed by atoms with E-state index >= 15 is 0 Å². The van der Waals surface area contributed by atoms with Crippen molar-refractivity contribution in [2.45, 2.75) is 19.1 Å². The van der Waals surface area contributed by atoms with E-state index in [1.54, 1.807) is 6.92 Å². The molecule has 3 heteroatoms. The smallest absolute Gasteiger partial charge is 0.0885 e. The zero-order valence-corrected chi connectivity index (χ0v) is 6.29. The Balaban J connectivity index is 3.14. The summed E-state index contributed by atoms with van der Waals surface area (Å²) in [7, 11) is 0. The lowest BCUT2D eigenvalue weighted by Crippen LogP contribution is -2.23. The Morgan fingerprint density at radius 2 is 2.00 bits per heavy atom. The van der Waals surface area contributed by atoms with Crippen molar-refractivity contribution >= 4 is 22.6 Å². The van der Waals surface area contributed by atoms with Gasteiger partial charge in [-0.3, -0.25) is 0 Å². The molecule has 0 fully saturated rings. The zero-order chi connectivity index (χ0) is 5.86. The third-order valence-electron chi connectivity index (χ3n) is 0.715. The molecule has 0 aliphatic heterocycles. The Hall–Kier alpha value is 0.650. The maximum Gasteiger partial charge on any atom is 0.0885 e. The van der Waals surface area contributed by atoms with E-state index in [0.717, 1.165) is 0 Å². The highest BCUT2D eigenvalue weighted by Crippen LogP contribution is 1.95. The Morgan fingerprint density at radius 3 is 2.00 bits per heavy atom. The van der Waals surface area contributed by atoms with Gasteiger partial charge < -0.3 is 10.2 Å². The van der Waals surface area contributed by atoms with Crippen molar-refractivity contribution in [3.8, 4) is 0 Å². The molecular formula is C4H9IO2. The summed E-state index contributed by atoms with van der Waals surface area (Å²) >= 11 is 2.02. The molecule has 0 saturated heterocycles. The van der Waals surface area contributed by atoms with E-state index in [9.17, 15) is 0 Å². The second-order valence-electron chi connectivity index (χ2n) is 1.46. The van der Waals surface area contributed by atoms with Crippen LogP contribution in [0.4, 0.5) is 0 Å². The van der Waals surface area contributed by atoms with Gasteiger partial charge in [0.1, 0.15) is 0 Å². The quantitative estimate of drug-likeness (QED) is 0.510. The van der Waals surface area contributed by atoms with E-state index in [1.165, 1.54) is 0 Å². The summed E-state index contributed by atoms with van der Waals surface area (Å²) < 4.78 is 0.593. The van der Waals surface area contributed by atoms with Gasteiger partial charge >= 0.3 is 0 Å². The predicted octanol–water partition coefficient (Wildman–Crippen LogP) is 0.163. The summed E-state index contributed by atoms with van der Waals surface area (Å²) in [6.45, 7) is 1.57. The minimum absolute atomic E-state index is 0.555. The van der Waals surface area contributed by atoms with Gasteiger partial charge in [-0.1, -0.05) is 22.6 Å². The number of rotatable bonds is 2. The Bertz CT molecular complexity index is 47.0. The lowest BCUT2D eigenvalue weighted by atomic mass is 10.3. The van der Waals surface area contributed by atoms with Gasteiger partial charge in [0.05, 0.1) is 12.2 Å². The van der Waals surface area contributed by atoms with Crippen molar-refractivity contribution in [2.75, 3.05) is 4.43 Å².